The van der Waals surface area contributed by atoms with Gasteiger partial charge in [0.05, 0.1) is 0 Å². The van der Waals surface area contributed by atoms with Crippen LogP contribution >= 0.6 is 0 Å². The molecule has 3 N–H and O–H groups in total. The molecule has 1 aliphatic rings. The molecule has 5 heteroatoms. The van der Waals surface area contributed by atoms with Crippen LogP contribution in [-0.2, 0) is 7.05 Å². The summed E-state index contributed by atoms with van der Waals surface area (Å²) in [6.45, 7) is 2.03. The van der Waals surface area contributed by atoms with Crippen molar-refractivity contribution >= 4 is 5.95 Å². The Morgan fingerprint density at radius 3 is 3.00 bits per heavy atom. The zero-order valence-electron chi connectivity index (χ0n) is 7.12. The molecule has 1 aromatic heterocycles. The van der Waals surface area contributed by atoms with Gasteiger partial charge in [-0.05, 0) is 13.0 Å². The Bertz CT molecular complexity index is 254. The van der Waals surface area contributed by atoms with Gasteiger partial charge < -0.3 is 11.1 Å². The van der Waals surface area contributed by atoms with Crippen molar-refractivity contribution in [2.45, 2.75) is 12.3 Å². The SMILES string of the molecule is Cn1nc(C2CCNC2)nc1N. The van der Waals surface area contributed by atoms with Crippen LogP contribution in [0, 0.1) is 0 Å². The summed E-state index contributed by atoms with van der Waals surface area (Å²) in [4.78, 5) is 4.18. The molecule has 5 nitrogen and oxygen atoms in total. The summed E-state index contributed by atoms with van der Waals surface area (Å²) >= 11 is 0. The van der Waals surface area contributed by atoms with E-state index in [-0.39, 0.29) is 0 Å². The van der Waals surface area contributed by atoms with Gasteiger partial charge in [0.1, 0.15) is 0 Å². The van der Waals surface area contributed by atoms with Crippen molar-refractivity contribution in [3.05, 3.63) is 5.82 Å². The lowest BCUT2D eigenvalue weighted by Crippen LogP contribution is -2.09. The first-order chi connectivity index (χ1) is 5.77. The third kappa shape index (κ3) is 1.16. The highest BCUT2D eigenvalue weighted by molar-refractivity contribution is 5.17. The van der Waals surface area contributed by atoms with E-state index in [9.17, 15) is 0 Å². The van der Waals surface area contributed by atoms with Crippen molar-refractivity contribution in [1.29, 1.82) is 0 Å². The van der Waals surface area contributed by atoms with Gasteiger partial charge in [-0.25, -0.2) is 4.68 Å². The number of nitrogens with one attached hydrogen (secondary N) is 1. The predicted molar refractivity (Wildman–Crippen MR) is 45.6 cm³/mol. The molecule has 1 aromatic rings. The Morgan fingerprint density at radius 1 is 1.67 bits per heavy atom. The standard InChI is InChI=1S/C7H13N5/c1-12-7(8)10-6(11-12)5-2-3-9-4-5/h5,9H,2-4H2,1H3,(H2,8,10,11). The number of rotatable bonds is 1. The fourth-order valence-electron chi connectivity index (χ4n) is 1.46. The maximum atomic E-state index is 5.58. The lowest BCUT2D eigenvalue weighted by molar-refractivity contribution is 0.673. The van der Waals surface area contributed by atoms with Gasteiger partial charge in [0.15, 0.2) is 5.82 Å². The first-order valence-electron chi connectivity index (χ1n) is 4.14. The Hall–Kier alpha value is -1.10. The largest absolute Gasteiger partial charge is 0.368 e. The molecular formula is C7H13N5. The van der Waals surface area contributed by atoms with Gasteiger partial charge in [-0.2, -0.15) is 10.1 Å². The molecule has 1 fully saturated rings. The first kappa shape index (κ1) is 7.54. The molecule has 0 aliphatic carbocycles. The fourth-order valence-corrected chi connectivity index (χ4v) is 1.46. The van der Waals surface area contributed by atoms with Crippen molar-refractivity contribution in [3.8, 4) is 0 Å². The van der Waals surface area contributed by atoms with E-state index in [0.29, 0.717) is 11.9 Å². The number of nitrogens with zero attached hydrogens (tertiary/aromatic N) is 3. The zero-order chi connectivity index (χ0) is 8.55. The van der Waals surface area contributed by atoms with Crippen LogP contribution in [-0.4, -0.2) is 27.9 Å². The van der Waals surface area contributed by atoms with Crippen molar-refractivity contribution < 1.29 is 0 Å². The van der Waals surface area contributed by atoms with E-state index in [4.69, 9.17) is 5.73 Å². The minimum atomic E-state index is 0.452. The second-order valence-electron chi connectivity index (χ2n) is 3.14. The number of aryl methyl sites for hydroxylation is 1. The smallest absolute Gasteiger partial charge is 0.218 e. The minimum absolute atomic E-state index is 0.452. The minimum Gasteiger partial charge on any atom is -0.368 e. The molecule has 2 rings (SSSR count). The number of hydrogen-bond acceptors (Lipinski definition) is 4. The normalized spacial score (nSPS) is 23.2. The van der Waals surface area contributed by atoms with Crippen LogP contribution in [0.3, 0.4) is 0 Å². The Labute approximate surface area is 71.0 Å². The maximum Gasteiger partial charge on any atom is 0.218 e. The zero-order valence-corrected chi connectivity index (χ0v) is 7.12. The van der Waals surface area contributed by atoms with Crippen molar-refractivity contribution in [2.24, 2.45) is 7.05 Å². The Morgan fingerprint density at radius 2 is 2.50 bits per heavy atom. The number of nitrogens with two attached hydrogens (primary N) is 1. The van der Waals surface area contributed by atoms with Gasteiger partial charge in [-0.3, -0.25) is 0 Å². The Balaban J connectivity index is 2.21. The van der Waals surface area contributed by atoms with E-state index in [2.05, 4.69) is 15.4 Å². The molecule has 1 aliphatic heterocycles. The van der Waals surface area contributed by atoms with Crippen molar-refractivity contribution in [2.75, 3.05) is 18.8 Å². The third-order valence-electron chi connectivity index (χ3n) is 2.24. The summed E-state index contributed by atoms with van der Waals surface area (Å²) in [7, 11) is 1.81. The lowest BCUT2D eigenvalue weighted by atomic mass is 10.1. The lowest BCUT2D eigenvalue weighted by Gasteiger charge is -1.99. The summed E-state index contributed by atoms with van der Waals surface area (Å²) in [5.41, 5.74) is 5.58. The molecule has 0 amide bonds. The first-order valence-corrected chi connectivity index (χ1v) is 4.14. The van der Waals surface area contributed by atoms with Gasteiger partial charge in [0.2, 0.25) is 5.95 Å². The van der Waals surface area contributed by atoms with Crippen LogP contribution in [0.25, 0.3) is 0 Å². The average Bonchev–Trinajstić information content (AvgIpc) is 2.61. The molecule has 2 heterocycles. The van der Waals surface area contributed by atoms with Crippen molar-refractivity contribution in [3.63, 3.8) is 0 Å². The number of aromatic nitrogens is 3. The molecular weight excluding hydrogens is 154 g/mol. The van der Waals surface area contributed by atoms with Gasteiger partial charge >= 0.3 is 0 Å². The topological polar surface area (TPSA) is 68.8 Å². The predicted octanol–water partition coefficient (Wildman–Crippen LogP) is -0.526. The average molecular weight is 167 g/mol. The summed E-state index contributed by atoms with van der Waals surface area (Å²) in [5, 5.41) is 7.50. The van der Waals surface area contributed by atoms with E-state index < -0.39 is 0 Å². The number of hydrogen-bond donors (Lipinski definition) is 2. The Kier molecular flexibility index (Phi) is 1.73. The molecule has 66 valence electrons. The van der Waals surface area contributed by atoms with Crippen LogP contribution < -0.4 is 11.1 Å². The second kappa shape index (κ2) is 2.75. The monoisotopic (exact) mass is 167 g/mol. The van der Waals surface area contributed by atoms with Gasteiger partial charge in [0.25, 0.3) is 0 Å². The van der Waals surface area contributed by atoms with E-state index in [1.165, 1.54) is 0 Å². The molecule has 0 radical (unpaired) electrons. The van der Waals surface area contributed by atoms with E-state index in [0.717, 1.165) is 25.3 Å². The molecule has 1 atom stereocenters. The summed E-state index contributed by atoms with van der Waals surface area (Å²) in [6, 6.07) is 0. The fraction of sp³-hybridized carbons (Fsp3) is 0.714. The number of nitrogen functional groups attached to an aromatic ring is 1. The van der Waals surface area contributed by atoms with Crippen LogP contribution in [0.2, 0.25) is 0 Å². The quantitative estimate of drug-likeness (QED) is 0.590. The van der Waals surface area contributed by atoms with E-state index in [1.54, 1.807) is 4.68 Å². The third-order valence-corrected chi connectivity index (χ3v) is 2.24. The van der Waals surface area contributed by atoms with E-state index in [1.807, 2.05) is 7.05 Å². The van der Waals surface area contributed by atoms with Crippen LogP contribution in [0.15, 0.2) is 0 Å². The molecule has 0 saturated carbocycles. The van der Waals surface area contributed by atoms with Crippen molar-refractivity contribution in [1.82, 2.24) is 20.1 Å². The van der Waals surface area contributed by atoms with Crippen LogP contribution in [0.1, 0.15) is 18.2 Å². The van der Waals surface area contributed by atoms with Gasteiger partial charge in [-0.15, -0.1) is 0 Å². The molecule has 12 heavy (non-hydrogen) atoms. The van der Waals surface area contributed by atoms with Gasteiger partial charge in [-0.1, -0.05) is 0 Å². The van der Waals surface area contributed by atoms with Gasteiger partial charge in [0, 0.05) is 19.5 Å². The second-order valence-corrected chi connectivity index (χ2v) is 3.14. The summed E-state index contributed by atoms with van der Waals surface area (Å²) in [6.07, 6.45) is 1.11. The highest BCUT2D eigenvalue weighted by Gasteiger charge is 2.20. The molecule has 0 aromatic carbocycles. The summed E-state index contributed by atoms with van der Waals surface area (Å²) in [5.74, 6) is 1.82. The molecule has 0 spiro atoms. The number of anilines is 1. The molecule has 1 saturated heterocycles. The van der Waals surface area contributed by atoms with Crippen LogP contribution in [0.4, 0.5) is 5.95 Å². The highest BCUT2D eigenvalue weighted by atomic mass is 15.4. The molecule has 0 bridgehead atoms. The molecule has 1 unspecified atom stereocenters. The maximum absolute atomic E-state index is 5.58. The van der Waals surface area contributed by atoms with E-state index >= 15 is 0 Å². The highest BCUT2D eigenvalue weighted by Crippen LogP contribution is 2.19. The summed E-state index contributed by atoms with van der Waals surface area (Å²) < 4.78 is 1.62. The van der Waals surface area contributed by atoms with Crippen LogP contribution in [0.5, 0.6) is 0 Å².